The highest BCUT2D eigenvalue weighted by Crippen LogP contribution is 2.23. The minimum absolute atomic E-state index is 0.211. The maximum Gasteiger partial charge on any atom is 0.251 e. The van der Waals surface area contributed by atoms with Crippen LogP contribution in [0, 0.1) is 5.82 Å². The molecule has 1 heterocycles. The maximum atomic E-state index is 13.0. The fourth-order valence-corrected chi connectivity index (χ4v) is 3.87. The minimum Gasteiger partial charge on any atom is -0.325 e. The molecular formula is C18H22FN3O2S2. The Hall–Kier alpha value is -1.80. The molecule has 0 aliphatic rings. The molecular weight excluding hydrogens is 373 g/mol. The van der Waals surface area contributed by atoms with Crippen molar-refractivity contribution in [1.29, 1.82) is 0 Å². The number of nitrogens with zero attached hydrogens (tertiary/aromatic N) is 1. The molecule has 2 N–H and O–H groups in total. The van der Waals surface area contributed by atoms with Crippen molar-refractivity contribution in [3.8, 4) is 0 Å². The Morgan fingerprint density at radius 1 is 1.31 bits per heavy atom. The van der Waals surface area contributed by atoms with Crippen molar-refractivity contribution in [2.45, 2.75) is 42.8 Å². The van der Waals surface area contributed by atoms with Gasteiger partial charge in [0.25, 0.3) is 5.56 Å². The number of hydrogen-bond donors (Lipinski definition) is 2. The standard InChI is InChI=1S/C18H22FN3O2S2/c1-3-9-25-11-14-10-16(23)22-18(21-14)26-15(4-2)17(24)20-13-7-5-12(19)6-8-13/h5-8,10,15H,3-4,9,11H2,1-2H3,(H,20,24)(H,21,22,23). The third-order valence-electron chi connectivity index (χ3n) is 3.40. The van der Waals surface area contributed by atoms with Crippen LogP contribution in [0.15, 0.2) is 40.3 Å². The highest BCUT2D eigenvalue weighted by molar-refractivity contribution is 8.00. The number of anilines is 1. The van der Waals surface area contributed by atoms with E-state index in [0.717, 1.165) is 12.2 Å². The van der Waals surface area contributed by atoms with Crippen LogP contribution in [-0.2, 0) is 10.5 Å². The average Bonchev–Trinajstić information content (AvgIpc) is 2.61. The van der Waals surface area contributed by atoms with E-state index in [4.69, 9.17) is 0 Å². The van der Waals surface area contributed by atoms with Crippen LogP contribution in [0.4, 0.5) is 10.1 Å². The van der Waals surface area contributed by atoms with Crippen LogP contribution < -0.4 is 10.9 Å². The summed E-state index contributed by atoms with van der Waals surface area (Å²) < 4.78 is 13.0. The van der Waals surface area contributed by atoms with Crippen LogP contribution in [-0.4, -0.2) is 26.9 Å². The van der Waals surface area contributed by atoms with Crippen molar-refractivity contribution in [2.24, 2.45) is 0 Å². The van der Waals surface area contributed by atoms with Crippen LogP contribution in [0.1, 0.15) is 32.4 Å². The summed E-state index contributed by atoms with van der Waals surface area (Å²) >= 11 is 2.95. The quantitative estimate of drug-likeness (QED) is 0.380. The predicted molar refractivity (Wildman–Crippen MR) is 106 cm³/mol. The second-order valence-corrected chi connectivity index (χ2v) is 7.90. The maximum absolute atomic E-state index is 13.0. The third kappa shape index (κ3) is 6.49. The number of aromatic nitrogens is 2. The first-order valence-electron chi connectivity index (χ1n) is 8.43. The van der Waals surface area contributed by atoms with Gasteiger partial charge in [0.15, 0.2) is 5.16 Å². The predicted octanol–water partition coefficient (Wildman–Crippen LogP) is 4.06. The molecule has 1 unspecified atom stereocenters. The van der Waals surface area contributed by atoms with Crippen LogP contribution >= 0.6 is 23.5 Å². The first kappa shape index (κ1) is 20.5. The summed E-state index contributed by atoms with van der Waals surface area (Å²) in [6.45, 7) is 3.99. The first-order valence-corrected chi connectivity index (χ1v) is 10.5. The Morgan fingerprint density at radius 2 is 2.04 bits per heavy atom. The van der Waals surface area contributed by atoms with Gasteiger partial charge in [0.05, 0.1) is 10.9 Å². The highest BCUT2D eigenvalue weighted by atomic mass is 32.2. The van der Waals surface area contributed by atoms with Gasteiger partial charge in [-0.2, -0.15) is 11.8 Å². The van der Waals surface area contributed by atoms with Crippen molar-refractivity contribution in [2.75, 3.05) is 11.1 Å². The number of carbonyl (C=O) groups excluding carboxylic acids is 1. The second-order valence-electron chi connectivity index (χ2n) is 5.61. The SMILES string of the molecule is CCCSCc1cc(=O)[nH]c(SC(CC)C(=O)Nc2ccc(F)cc2)n1. The van der Waals surface area contributed by atoms with Crippen LogP contribution in [0.2, 0.25) is 0 Å². The Balaban J connectivity index is 2.05. The lowest BCUT2D eigenvalue weighted by molar-refractivity contribution is -0.115. The van der Waals surface area contributed by atoms with Crippen LogP contribution in [0.25, 0.3) is 0 Å². The fourth-order valence-electron chi connectivity index (χ4n) is 2.15. The molecule has 0 radical (unpaired) electrons. The summed E-state index contributed by atoms with van der Waals surface area (Å²) in [6.07, 6.45) is 1.63. The molecule has 0 aliphatic carbocycles. The number of aromatic amines is 1. The molecule has 1 aromatic heterocycles. The van der Waals surface area contributed by atoms with E-state index in [0.29, 0.717) is 28.7 Å². The Labute approximate surface area is 160 Å². The van der Waals surface area contributed by atoms with Crippen molar-refractivity contribution in [1.82, 2.24) is 9.97 Å². The lowest BCUT2D eigenvalue weighted by Gasteiger charge is -2.14. The van der Waals surface area contributed by atoms with E-state index in [1.54, 1.807) is 11.8 Å². The van der Waals surface area contributed by atoms with Gasteiger partial charge in [-0.25, -0.2) is 9.37 Å². The molecule has 2 aromatic rings. The molecule has 8 heteroatoms. The topological polar surface area (TPSA) is 74.8 Å². The van der Waals surface area contributed by atoms with Gasteiger partial charge in [-0.1, -0.05) is 25.6 Å². The number of benzene rings is 1. The number of thioether (sulfide) groups is 2. The summed E-state index contributed by atoms with van der Waals surface area (Å²) in [4.78, 5) is 31.5. The first-order chi connectivity index (χ1) is 12.5. The number of rotatable bonds is 9. The number of carbonyl (C=O) groups is 1. The van der Waals surface area contributed by atoms with Gasteiger partial charge in [0.1, 0.15) is 5.82 Å². The van der Waals surface area contributed by atoms with Gasteiger partial charge in [-0.05, 0) is 42.9 Å². The van der Waals surface area contributed by atoms with Crippen molar-refractivity contribution in [3.63, 3.8) is 0 Å². The Bertz CT molecular complexity index is 781. The molecule has 140 valence electrons. The molecule has 1 atom stereocenters. The molecule has 0 aliphatic heterocycles. The number of amides is 1. The van der Waals surface area contributed by atoms with Crippen LogP contribution in [0.3, 0.4) is 0 Å². The molecule has 0 saturated heterocycles. The lowest BCUT2D eigenvalue weighted by Crippen LogP contribution is -2.25. The van der Waals surface area contributed by atoms with E-state index in [1.165, 1.54) is 42.1 Å². The zero-order valence-corrected chi connectivity index (χ0v) is 16.4. The van der Waals surface area contributed by atoms with E-state index in [9.17, 15) is 14.0 Å². The largest absolute Gasteiger partial charge is 0.325 e. The summed E-state index contributed by atoms with van der Waals surface area (Å²) in [5.74, 6) is 1.11. The van der Waals surface area contributed by atoms with Gasteiger partial charge in [0.2, 0.25) is 5.91 Å². The van der Waals surface area contributed by atoms with E-state index in [2.05, 4.69) is 22.2 Å². The number of halogens is 1. The molecule has 2 rings (SSSR count). The van der Waals surface area contributed by atoms with Crippen molar-refractivity contribution >= 4 is 35.1 Å². The molecule has 0 saturated carbocycles. The highest BCUT2D eigenvalue weighted by Gasteiger charge is 2.19. The summed E-state index contributed by atoms with van der Waals surface area (Å²) in [5.41, 5.74) is 1.02. The molecule has 5 nitrogen and oxygen atoms in total. The van der Waals surface area contributed by atoms with E-state index in [1.807, 2.05) is 6.92 Å². The van der Waals surface area contributed by atoms with Crippen molar-refractivity contribution < 1.29 is 9.18 Å². The molecule has 1 amide bonds. The zero-order valence-electron chi connectivity index (χ0n) is 14.8. The fraction of sp³-hybridized carbons (Fsp3) is 0.389. The number of hydrogen-bond acceptors (Lipinski definition) is 5. The molecule has 0 bridgehead atoms. The van der Waals surface area contributed by atoms with E-state index in [-0.39, 0.29) is 17.3 Å². The molecule has 0 spiro atoms. The Kier molecular flexibility index (Phi) is 8.18. The average molecular weight is 396 g/mol. The van der Waals surface area contributed by atoms with Crippen LogP contribution in [0.5, 0.6) is 0 Å². The van der Waals surface area contributed by atoms with E-state index < -0.39 is 5.25 Å². The molecule has 1 aromatic carbocycles. The number of H-pyrrole nitrogens is 1. The van der Waals surface area contributed by atoms with Crippen molar-refractivity contribution in [3.05, 3.63) is 52.2 Å². The third-order valence-corrected chi connectivity index (χ3v) is 5.85. The summed E-state index contributed by atoms with van der Waals surface area (Å²) in [7, 11) is 0. The van der Waals surface area contributed by atoms with Gasteiger partial charge < -0.3 is 10.3 Å². The monoisotopic (exact) mass is 395 g/mol. The molecule has 26 heavy (non-hydrogen) atoms. The van der Waals surface area contributed by atoms with Gasteiger partial charge >= 0.3 is 0 Å². The smallest absolute Gasteiger partial charge is 0.251 e. The van der Waals surface area contributed by atoms with Gasteiger partial charge in [-0.15, -0.1) is 0 Å². The summed E-state index contributed by atoms with van der Waals surface area (Å²) in [5, 5.41) is 2.78. The molecule has 0 fully saturated rings. The second kappa shape index (κ2) is 10.4. The van der Waals surface area contributed by atoms with Gasteiger partial charge in [-0.3, -0.25) is 9.59 Å². The zero-order chi connectivity index (χ0) is 18.9. The number of nitrogens with one attached hydrogen (secondary N) is 2. The summed E-state index contributed by atoms with van der Waals surface area (Å²) in [6, 6.07) is 7.10. The van der Waals surface area contributed by atoms with Gasteiger partial charge in [0, 0.05) is 17.5 Å². The normalized spacial score (nSPS) is 12.0. The van der Waals surface area contributed by atoms with E-state index >= 15 is 0 Å². The Morgan fingerprint density at radius 3 is 2.69 bits per heavy atom. The lowest BCUT2D eigenvalue weighted by atomic mass is 10.2. The minimum atomic E-state index is -0.415.